The summed E-state index contributed by atoms with van der Waals surface area (Å²) in [5, 5.41) is 9.28. The summed E-state index contributed by atoms with van der Waals surface area (Å²) in [5.74, 6) is -0.271. The van der Waals surface area contributed by atoms with Crippen LogP contribution >= 0.6 is 34.3 Å². The molecule has 11 heteroatoms. The highest BCUT2D eigenvalue weighted by Crippen LogP contribution is 2.25. The number of aromatic nitrogens is 2. The topological polar surface area (TPSA) is 95.9 Å². The van der Waals surface area contributed by atoms with Gasteiger partial charge in [0, 0.05) is 3.57 Å². The van der Waals surface area contributed by atoms with Crippen LogP contribution in [-0.4, -0.2) is 45.2 Å². The van der Waals surface area contributed by atoms with Crippen molar-refractivity contribution in [2.45, 2.75) is 6.10 Å². The Hall–Kier alpha value is -2.02. The maximum Gasteiger partial charge on any atom is 0.414 e. The van der Waals surface area contributed by atoms with Gasteiger partial charge in [-0.15, -0.1) is 0 Å². The zero-order valence-corrected chi connectivity index (χ0v) is 14.9. The lowest BCUT2D eigenvalue weighted by atomic mass is 10.2. The average molecular weight is 464 g/mol. The summed E-state index contributed by atoms with van der Waals surface area (Å²) in [4.78, 5) is 25.6. The number of ether oxygens (including phenoxy) is 1. The molecule has 1 aliphatic heterocycles. The molecule has 2 amide bonds. The van der Waals surface area contributed by atoms with Gasteiger partial charge in [-0.1, -0.05) is 0 Å². The highest BCUT2D eigenvalue weighted by molar-refractivity contribution is 14.1. The van der Waals surface area contributed by atoms with E-state index in [1.54, 1.807) is 12.1 Å². The van der Waals surface area contributed by atoms with E-state index < -0.39 is 24.1 Å². The SMILES string of the molecule is O=C1O[C@@H](CN(C(=O)O)c2cnsn2)CN1c1ccc(I)c(F)c1. The van der Waals surface area contributed by atoms with Crippen molar-refractivity contribution in [1.82, 2.24) is 8.75 Å². The van der Waals surface area contributed by atoms with E-state index in [-0.39, 0.29) is 18.9 Å². The van der Waals surface area contributed by atoms with Crippen LogP contribution in [0.2, 0.25) is 0 Å². The van der Waals surface area contributed by atoms with E-state index in [4.69, 9.17) is 4.74 Å². The van der Waals surface area contributed by atoms with Crippen LogP contribution in [-0.2, 0) is 4.74 Å². The molecule has 1 aromatic heterocycles. The standard InChI is InChI=1S/C13H10FIN4O4S/c14-9-3-7(1-2-10(9)15)18-5-8(23-13(18)22)6-19(12(20)21)11-4-16-24-17-11/h1-4,8H,5-6H2,(H,20,21)/t8-/m1/s1. The van der Waals surface area contributed by atoms with Crippen molar-refractivity contribution in [2.24, 2.45) is 0 Å². The van der Waals surface area contributed by atoms with E-state index in [1.165, 1.54) is 17.2 Å². The zero-order chi connectivity index (χ0) is 17.3. The number of anilines is 2. The summed E-state index contributed by atoms with van der Waals surface area (Å²) in [6.45, 7) is 0.0239. The normalized spacial score (nSPS) is 17.0. The third-order valence-corrected chi connectivity index (χ3v) is 4.68. The molecule has 1 saturated heterocycles. The number of rotatable bonds is 4. The Morgan fingerprint density at radius 2 is 2.38 bits per heavy atom. The Bertz CT molecular complexity index is 775. The highest BCUT2D eigenvalue weighted by atomic mass is 127. The number of carbonyl (C=O) groups is 2. The first kappa shape index (κ1) is 16.8. The summed E-state index contributed by atoms with van der Waals surface area (Å²) < 4.78 is 26.9. The van der Waals surface area contributed by atoms with Gasteiger partial charge in [0.25, 0.3) is 0 Å². The second-order valence-corrected chi connectivity index (χ2v) is 6.59. The van der Waals surface area contributed by atoms with E-state index in [0.29, 0.717) is 9.26 Å². The summed E-state index contributed by atoms with van der Waals surface area (Å²) in [5.41, 5.74) is 0.359. The second kappa shape index (κ2) is 6.84. The minimum absolute atomic E-state index is 0.0875. The molecule has 1 aromatic carbocycles. The summed E-state index contributed by atoms with van der Waals surface area (Å²) in [6, 6.07) is 4.40. The van der Waals surface area contributed by atoms with Crippen molar-refractivity contribution in [3.63, 3.8) is 0 Å². The largest absolute Gasteiger partial charge is 0.465 e. The number of cyclic esters (lactones) is 1. The Labute approximate surface area is 153 Å². The van der Waals surface area contributed by atoms with Gasteiger partial charge >= 0.3 is 12.2 Å². The minimum atomic E-state index is -1.22. The Balaban J connectivity index is 1.74. The molecular formula is C13H10FIN4O4S. The lowest BCUT2D eigenvalue weighted by Crippen LogP contribution is -2.38. The number of hydrogen-bond donors (Lipinski definition) is 1. The molecule has 1 N–H and O–H groups in total. The quantitative estimate of drug-likeness (QED) is 0.700. The van der Waals surface area contributed by atoms with Gasteiger partial charge in [0.2, 0.25) is 0 Å². The second-order valence-electron chi connectivity index (χ2n) is 4.87. The molecule has 2 aromatic rings. The van der Waals surface area contributed by atoms with E-state index in [2.05, 4.69) is 8.75 Å². The first-order valence-corrected chi connectivity index (χ1v) is 8.48. The first-order valence-electron chi connectivity index (χ1n) is 6.67. The lowest BCUT2D eigenvalue weighted by molar-refractivity contribution is 0.141. The fraction of sp³-hybridized carbons (Fsp3) is 0.231. The first-order chi connectivity index (χ1) is 11.5. The molecule has 1 fully saturated rings. The van der Waals surface area contributed by atoms with Crippen molar-refractivity contribution < 1.29 is 23.8 Å². The van der Waals surface area contributed by atoms with E-state index >= 15 is 0 Å². The van der Waals surface area contributed by atoms with Crippen LogP contribution in [0.15, 0.2) is 24.4 Å². The number of carboxylic acid groups (broad SMARTS) is 1. The number of benzene rings is 1. The van der Waals surface area contributed by atoms with E-state index in [9.17, 15) is 19.1 Å². The Kier molecular flexibility index (Phi) is 4.80. The van der Waals surface area contributed by atoms with Crippen molar-refractivity contribution in [2.75, 3.05) is 22.9 Å². The predicted octanol–water partition coefficient (Wildman–Crippen LogP) is 2.79. The molecule has 0 bridgehead atoms. The van der Waals surface area contributed by atoms with Gasteiger partial charge in [0.15, 0.2) is 5.82 Å². The van der Waals surface area contributed by atoms with Crippen LogP contribution in [0.5, 0.6) is 0 Å². The van der Waals surface area contributed by atoms with Gasteiger partial charge in [0.1, 0.15) is 11.9 Å². The number of amides is 2. The summed E-state index contributed by atoms with van der Waals surface area (Å²) >= 11 is 2.73. The molecule has 0 unspecified atom stereocenters. The Morgan fingerprint density at radius 3 is 3.00 bits per heavy atom. The molecule has 1 aliphatic rings. The number of hydrogen-bond acceptors (Lipinski definition) is 6. The molecule has 8 nitrogen and oxygen atoms in total. The van der Waals surface area contributed by atoms with Gasteiger partial charge in [-0.05, 0) is 40.8 Å². The van der Waals surface area contributed by atoms with Gasteiger partial charge in [-0.2, -0.15) is 8.75 Å². The van der Waals surface area contributed by atoms with Crippen LogP contribution in [0, 0.1) is 9.39 Å². The molecule has 126 valence electrons. The summed E-state index contributed by atoms with van der Waals surface area (Å²) in [7, 11) is 0. The lowest BCUT2D eigenvalue weighted by Gasteiger charge is -2.19. The third kappa shape index (κ3) is 3.40. The van der Waals surface area contributed by atoms with Gasteiger partial charge in [0.05, 0.1) is 36.7 Å². The van der Waals surface area contributed by atoms with Crippen LogP contribution < -0.4 is 9.80 Å². The van der Waals surface area contributed by atoms with Gasteiger partial charge < -0.3 is 9.84 Å². The molecular weight excluding hydrogens is 454 g/mol. The van der Waals surface area contributed by atoms with Crippen LogP contribution in [0.1, 0.15) is 0 Å². The monoisotopic (exact) mass is 464 g/mol. The van der Waals surface area contributed by atoms with Crippen LogP contribution in [0.4, 0.5) is 25.5 Å². The van der Waals surface area contributed by atoms with Crippen molar-refractivity contribution in [3.05, 3.63) is 33.8 Å². The predicted molar refractivity (Wildman–Crippen MR) is 92.0 cm³/mol. The van der Waals surface area contributed by atoms with Gasteiger partial charge in [-0.3, -0.25) is 9.80 Å². The molecule has 1 atom stereocenters. The fourth-order valence-corrected chi connectivity index (χ4v) is 2.99. The average Bonchev–Trinajstić information content (AvgIpc) is 3.17. The van der Waals surface area contributed by atoms with Crippen LogP contribution in [0.25, 0.3) is 0 Å². The number of halogens is 2. The van der Waals surface area contributed by atoms with E-state index in [0.717, 1.165) is 16.6 Å². The number of carbonyl (C=O) groups excluding carboxylic acids is 1. The van der Waals surface area contributed by atoms with Crippen molar-refractivity contribution in [3.8, 4) is 0 Å². The summed E-state index contributed by atoms with van der Waals surface area (Å²) in [6.07, 6.45) is -1.25. The fourth-order valence-electron chi connectivity index (χ4n) is 2.23. The molecule has 24 heavy (non-hydrogen) atoms. The molecule has 2 heterocycles. The van der Waals surface area contributed by atoms with Crippen molar-refractivity contribution >= 4 is 58.0 Å². The molecule has 0 radical (unpaired) electrons. The highest BCUT2D eigenvalue weighted by Gasteiger charge is 2.35. The number of nitrogens with zero attached hydrogens (tertiary/aromatic N) is 4. The maximum absolute atomic E-state index is 13.7. The van der Waals surface area contributed by atoms with Gasteiger partial charge in [-0.25, -0.2) is 14.0 Å². The molecule has 0 aliphatic carbocycles. The smallest absolute Gasteiger partial charge is 0.414 e. The molecule has 0 saturated carbocycles. The van der Waals surface area contributed by atoms with E-state index in [1.807, 2.05) is 22.6 Å². The maximum atomic E-state index is 13.7. The zero-order valence-electron chi connectivity index (χ0n) is 11.9. The van der Waals surface area contributed by atoms with Crippen LogP contribution in [0.3, 0.4) is 0 Å². The third-order valence-electron chi connectivity index (χ3n) is 3.33. The Morgan fingerprint density at radius 1 is 1.58 bits per heavy atom. The van der Waals surface area contributed by atoms with Crippen molar-refractivity contribution in [1.29, 1.82) is 0 Å². The minimum Gasteiger partial charge on any atom is -0.465 e. The molecule has 0 spiro atoms. The molecule has 3 rings (SSSR count).